The Labute approximate surface area is 111 Å². The van der Waals surface area contributed by atoms with E-state index < -0.39 is 10.8 Å². The number of nitrogens with two attached hydrogens (primary N) is 1. The Morgan fingerprint density at radius 3 is 2.33 bits per heavy atom. The minimum atomic E-state index is -0.915. The summed E-state index contributed by atoms with van der Waals surface area (Å²) in [5.41, 5.74) is 6.96. The molecule has 0 saturated heterocycles. The van der Waals surface area contributed by atoms with Crippen molar-refractivity contribution in [1.29, 1.82) is 0 Å². The summed E-state index contributed by atoms with van der Waals surface area (Å²) in [6.07, 6.45) is 0. The summed E-state index contributed by atoms with van der Waals surface area (Å²) in [4.78, 5) is 0. The van der Waals surface area contributed by atoms with Gasteiger partial charge in [-0.1, -0.05) is 19.9 Å². The van der Waals surface area contributed by atoms with Gasteiger partial charge >= 0.3 is 0 Å². The molecule has 0 aromatic heterocycles. The Balaban J connectivity index is 2.86. The van der Waals surface area contributed by atoms with E-state index in [1.54, 1.807) is 14.2 Å². The summed E-state index contributed by atoms with van der Waals surface area (Å²) in [5.74, 6) is 1.76. The molecule has 1 aromatic rings. The van der Waals surface area contributed by atoms with Gasteiger partial charge in [0.2, 0.25) is 0 Å². The molecule has 0 amide bonds. The maximum atomic E-state index is 11.8. The third-order valence-electron chi connectivity index (χ3n) is 2.71. The zero-order chi connectivity index (χ0) is 13.7. The monoisotopic (exact) mass is 271 g/mol. The molecule has 5 heteroatoms. The Morgan fingerprint density at radius 2 is 1.83 bits per heavy atom. The van der Waals surface area contributed by atoms with Crippen molar-refractivity contribution in [2.24, 2.45) is 5.73 Å². The lowest BCUT2D eigenvalue weighted by Crippen LogP contribution is -2.22. The highest BCUT2D eigenvalue weighted by atomic mass is 32.2. The third-order valence-corrected chi connectivity index (χ3v) is 4.44. The van der Waals surface area contributed by atoms with Gasteiger partial charge in [-0.2, -0.15) is 0 Å². The first-order valence-electron chi connectivity index (χ1n) is 5.84. The maximum absolute atomic E-state index is 11.8. The van der Waals surface area contributed by atoms with E-state index in [9.17, 15) is 4.21 Å². The molecular formula is C13H21NO3S. The molecule has 2 N–H and O–H groups in total. The molecule has 0 fully saturated rings. The molecule has 0 aliphatic heterocycles. The first-order valence-corrected chi connectivity index (χ1v) is 7.22. The van der Waals surface area contributed by atoms with Crippen LogP contribution in [0.5, 0.6) is 11.5 Å². The number of benzene rings is 1. The topological polar surface area (TPSA) is 61.5 Å². The highest BCUT2D eigenvalue weighted by molar-refractivity contribution is 7.85. The first-order chi connectivity index (χ1) is 8.49. The molecule has 0 radical (unpaired) electrons. The van der Waals surface area contributed by atoms with Gasteiger partial charge in [0.1, 0.15) is 0 Å². The van der Waals surface area contributed by atoms with Crippen molar-refractivity contribution in [3.63, 3.8) is 0 Å². The van der Waals surface area contributed by atoms with Crippen molar-refractivity contribution in [1.82, 2.24) is 0 Å². The van der Waals surface area contributed by atoms with Crippen molar-refractivity contribution < 1.29 is 13.7 Å². The summed E-state index contributed by atoms with van der Waals surface area (Å²) in [5, 5.41) is 0.121. The van der Waals surface area contributed by atoms with Crippen LogP contribution in [0.4, 0.5) is 0 Å². The highest BCUT2D eigenvalue weighted by Crippen LogP contribution is 2.29. The summed E-state index contributed by atoms with van der Waals surface area (Å²) < 4.78 is 22.2. The van der Waals surface area contributed by atoms with Gasteiger partial charge < -0.3 is 15.2 Å². The van der Waals surface area contributed by atoms with E-state index in [0.29, 0.717) is 17.3 Å². The van der Waals surface area contributed by atoms with E-state index in [0.717, 1.165) is 5.56 Å². The molecule has 18 heavy (non-hydrogen) atoms. The van der Waals surface area contributed by atoms with Crippen LogP contribution in [0.2, 0.25) is 0 Å². The average molecular weight is 271 g/mol. The fourth-order valence-electron chi connectivity index (χ4n) is 1.55. The first kappa shape index (κ1) is 15.0. The minimum absolute atomic E-state index is 0.121. The van der Waals surface area contributed by atoms with E-state index in [4.69, 9.17) is 15.2 Å². The summed E-state index contributed by atoms with van der Waals surface area (Å²) in [7, 11) is 2.26. The van der Waals surface area contributed by atoms with Crippen LogP contribution in [0.15, 0.2) is 18.2 Å². The Bertz CT molecular complexity index is 421. The fourth-order valence-corrected chi connectivity index (χ4v) is 2.48. The van der Waals surface area contributed by atoms with E-state index in [1.807, 2.05) is 32.0 Å². The van der Waals surface area contributed by atoms with Crippen LogP contribution in [0.1, 0.15) is 25.5 Å². The van der Waals surface area contributed by atoms with Crippen molar-refractivity contribution in [3.8, 4) is 11.5 Å². The van der Waals surface area contributed by atoms with Gasteiger partial charge in [-0.15, -0.1) is 0 Å². The molecule has 0 aliphatic rings. The van der Waals surface area contributed by atoms with Gasteiger partial charge in [-0.05, 0) is 17.7 Å². The number of hydrogen-bond donors (Lipinski definition) is 1. The molecular weight excluding hydrogens is 250 g/mol. The molecule has 102 valence electrons. The van der Waals surface area contributed by atoms with Crippen molar-refractivity contribution in [3.05, 3.63) is 23.8 Å². The number of ether oxygens (including phenoxy) is 2. The predicted molar refractivity (Wildman–Crippen MR) is 74.6 cm³/mol. The van der Waals surface area contributed by atoms with Gasteiger partial charge in [-0.25, -0.2) is 0 Å². The van der Waals surface area contributed by atoms with Crippen molar-refractivity contribution in [2.75, 3.05) is 20.0 Å². The van der Waals surface area contributed by atoms with Gasteiger partial charge in [0, 0.05) is 27.8 Å². The SMILES string of the molecule is COc1ccc(C(N)CS(=O)C(C)C)cc1OC. The maximum Gasteiger partial charge on any atom is 0.161 e. The molecule has 0 spiro atoms. The van der Waals surface area contributed by atoms with E-state index in [2.05, 4.69) is 0 Å². The molecule has 0 saturated carbocycles. The van der Waals surface area contributed by atoms with E-state index in [1.165, 1.54) is 0 Å². The lowest BCUT2D eigenvalue weighted by Gasteiger charge is -2.15. The highest BCUT2D eigenvalue weighted by Gasteiger charge is 2.15. The predicted octanol–water partition coefficient (Wildman–Crippen LogP) is 1.86. The van der Waals surface area contributed by atoms with Crippen LogP contribution in [0.25, 0.3) is 0 Å². The zero-order valence-corrected chi connectivity index (χ0v) is 12.1. The lowest BCUT2D eigenvalue weighted by atomic mass is 10.1. The largest absolute Gasteiger partial charge is 0.493 e. The molecule has 0 heterocycles. The summed E-state index contributed by atoms with van der Waals surface area (Å²) >= 11 is 0. The van der Waals surface area contributed by atoms with Crippen LogP contribution in [0.3, 0.4) is 0 Å². The van der Waals surface area contributed by atoms with E-state index >= 15 is 0 Å². The Hall–Kier alpha value is -1.07. The van der Waals surface area contributed by atoms with Gasteiger partial charge in [0.05, 0.1) is 14.2 Å². The zero-order valence-electron chi connectivity index (χ0n) is 11.3. The molecule has 0 bridgehead atoms. The molecule has 2 unspecified atom stereocenters. The minimum Gasteiger partial charge on any atom is -0.493 e. The van der Waals surface area contributed by atoms with Crippen LogP contribution < -0.4 is 15.2 Å². The lowest BCUT2D eigenvalue weighted by molar-refractivity contribution is 0.354. The Kier molecular flexibility index (Phi) is 5.62. The normalized spacial score (nSPS) is 14.3. The van der Waals surface area contributed by atoms with E-state index in [-0.39, 0.29) is 11.3 Å². The number of rotatable bonds is 6. The van der Waals surface area contributed by atoms with Crippen LogP contribution in [0, 0.1) is 0 Å². The second-order valence-electron chi connectivity index (χ2n) is 4.32. The van der Waals surface area contributed by atoms with Gasteiger partial charge in [0.15, 0.2) is 11.5 Å². The fraction of sp³-hybridized carbons (Fsp3) is 0.538. The second-order valence-corrected chi connectivity index (χ2v) is 6.35. The average Bonchev–Trinajstić information content (AvgIpc) is 2.37. The van der Waals surface area contributed by atoms with Crippen LogP contribution in [-0.4, -0.2) is 29.4 Å². The quantitative estimate of drug-likeness (QED) is 0.858. The van der Waals surface area contributed by atoms with Crippen molar-refractivity contribution >= 4 is 10.8 Å². The van der Waals surface area contributed by atoms with Gasteiger partial charge in [-0.3, -0.25) is 4.21 Å². The van der Waals surface area contributed by atoms with Crippen LogP contribution >= 0.6 is 0 Å². The molecule has 1 rings (SSSR count). The standard InChI is InChI=1S/C13H21NO3S/c1-9(2)18(15)8-11(14)10-5-6-12(16-3)13(7-10)17-4/h5-7,9,11H,8,14H2,1-4H3. The van der Waals surface area contributed by atoms with Crippen LogP contribution in [-0.2, 0) is 10.8 Å². The summed E-state index contributed by atoms with van der Waals surface area (Å²) in [6, 6.07) is 5.27. The molecule has 1 aromatic carbocycles. The smallest absolute Gasteiger partial charge is 0.161 e. The second kappa shape index (κ2) is 6.75. The third kappa shape index (κ3) is 3.71. The van der Waals surface area contributed by atoms with Crippen molar-refractivity contribution in [2.45, 2.75) is 25.1 Å². The number of methoxy groups -OCH3 is 2. The summed E-state index contributed by atoms with van der Waals surface area (Å²) in [6.45, 7) is 3.86. The molecule has 0 aliphatic carbocycles. The molecule has 2 atom stereocenters. The Morgan fingerprint density at radius 1 is 1.22 bits per heavy atom. The van der Waals surface area contributed by atoms with Gasteiger partial charge in [0.25, 0.3) is 0 Å². The number of hydrogen-bond acceptors (Lipinski definition) is 4. The molecule has 4 nitrogen and oxygen atoms in total.